The second kappa shape index (κ2) is 9.07. The van der Waals surface area contributed by atoms with Crippen LogP contribution in [0.2, 0.25) is 5.02 Å². The number of hydrogen-bond acceptors (Lipinski definition) is 3. The first kappa shape index (κ1) is 21.7. The third-order valence-electron chi connectivity index (χ3n) is 4.06. The number of amides is 2. The number of carbonyl (C=O) groups excluding carboxylic acids is 2. The summed E-state index contributed by atoms with van der Waals surface area (Å²) in [6.45, 7) is 1.51. The Kier molecular flexibility index (Phi) is 7.04. The molecule has 0 aromatic heterocycles. The van der Waals surface area contributed by atoms with Crippen molar-refractivity contribution in [3.8, 4) is 0 Å². The molecule has 5 nitrogen and oxygen atoms in total. The Hall–Kier alpha value is -2.58. The van der Waals surface area contributed by atoms with E-state index in [4.69, 9.17) is 11.6 Å². The molecule has 0 aliphatic heterocycles. The van der Waals surface area contributed by atoms with E-state index in [1.165, 1.54) is 17.0 Å². The Labute approximate surface area is 165 Å². The van der Waals surface area contributed by atoms with Crippen LogP contribution >= 0.6 is 11.6 Å². The Morgan fingerprint density at radius 1 is 1.07 bits per heavy atom. The van der Waals surface area contributed by atoms with Gasteiger partial charge in [0.25, 0.3) is 0 Å². The van der Waals surface area contributed by atoms with Crippen LogP contribution in [0.3, 0.4) is 0 Å². The number of rotatable bonds is 6. The monoisotopic (exact) mass is 413 g/mol. The molecule has 150 valence electrons. The number of halogens is 4. The molecule has 0 aliphatic rings. The molecular weight excluding hydrogens is 395 g/mol. The predicted molar refractivity (Wildman–Crippen MR) is 102 cm³/mol. The molecule has 0 radical (unpaired) electrons. The maximum Gasteiger partial charge on any atom is 0.416 e. The summed E-state index contributed by atoms with van der Waals surface area (Å²) in [7, 11) is 1.59. The number of para-hydroxylation sites is 1. The van der Waals surface area contributed by atoms with Crippen molar-refractivity contribution in [1.82, 2.24) is 4.90 Å². The largest absolute Gasteiger partial charge is 0.416 e. The molecule has 0 fully saturated rings. The van der Waals surface area contributed by atoms with Gasteiger partial charge in [-0.2, -0.15) is 13.2 Å². The quantitative estimate of drug-likeness (QED) is 0.744. The first-order valence-electron chi connectivity index (χ1n) is 8.30. The second-order valence-corrected chi connectivity index (χ2v) is 6.59. The number of anilines is 2. The van der Waals surface area contributed by atoms with Crippen LogP contribution < -0.4 is 10.6 Å². The fraction of sp³-hybridized carbons (Fsp3) is 0.263. The van der Waals surface area contributed by atoms with E-state index in [-0.39, 0.29) is 18.1 Å². The molecule has 0 heterocycles. The van der Waals surface area contributed by atoms with Gasteiger partial charge in [0.1, 0.15) is 0 Å². The van der Waals surface area contributed by atoms with Crippen molar-refractivity contribution in [1.29, 1.82) is 0 Å². The highest BCUT2D eigenvalue weighted by molar-refractivity contribution is 6.33. The summed E-state index contributed by atoms with van der Waals surface area (Å²) in [6.07, 6.45) is -4.44. The second-order valence-electron chi connectivity index (χ2n) is 6.18. The van der Waals surface area contributed by atoms with Gasteiger partial charge in [-0.1, -0.05) is 23.7 Å². The van der Waals surface area contributed by atoms with E-state index in [9.17, 15) is 22.8 Å². The maximum absolute atomic E-state index is 12.6. The molecule has 0 aliphatic carbocycles. The van der Waals surface area contributed by atoms with E-state index < -0.39 is 23.7 Å². The van der Waals surface area contributed by atoms with Crippen molar-refractivity contribution >= 4 is 34.8 Å². The summed E-state index contributed by atoms with van der Waals surface area (Å²) in [6, 6.07) is 10.2. The van der Waals surface area contributed by atoms with Gasteiger partial charge in [-0.3, -0.25) is 14.5 Å². The van der Waals surface area contributed by atoms with E-state index in [1.807, 2.05) is 0 Å². The zero-order valence-electron chi connectivity index (χ0n) is 15.2. The Balaban J connectivity index is 1.91. The van der Waals surface area contributed by atoms with Gasteiger partial charge < -0.3 is 10.6 Å². The first-order valence-corrected chi connectivity index (χ1v) is 8.68. The topological polar surface area (TPSA) is 61.4 Å². The standard InChI is InChI=1S/C19H19ClF3N3O2/c1-12(18(28)24-14-9-7-13(8-10-14)19(21,22)23)26(2)11-17(27)25-16-6-4-3-5-15(16)20/h3-10,12H,11H2,1-2H3,(H,24,28)(H,25,27)/t12-/m1/s1. The van der Waals surface area contributed by atoms with Gasteiger partial charge in [0.05, 0.1) is 28.9 Å². The average molecular weight is 414 g/mol. The van der Waals surface area contributed by atoms with Crippen LogP contribution in [0.4, 0.5) is 24.5 Å². The van der Waals surface area contributed by atoms with Gasteiger partial charge in [0.15, 0.2) is 0 Å². The smallest absolute Gasteiger partial charge is 0.325 e. The summed E-state index contributed by atoms with van der Waals surface area (Å²) >= 11 is 5.98. The number of likely N-dealkylation sites (N-methyl/N-ethyl adjacent to an activating group) is 1. The highest BCUT2D eigenvalue weighted by atomic mass is 35.5. The molecule has 0 unspecified atom stereocenters. The SMILES string of the molecule is C[C@H](C(=O)Nc1ccc(C(F)(F)F)cc1)N(C)CC(=O)Nc1ccccc1Cl. The highest BCUT2D eigenvalue weighted by Gasteiger charge is 2.30. The molecular formula is C19H19ClF3N3O2. The van der Waals surface area contributed by atoms with E-state index in [1.54, 1.807) is 38.2 Å². The molecule has 2 aromatic carbocycles. The third-order valence-corrected chi connectivity index (χ3v) is 4.39. The van der Waals surface area contributed by atoms with Crippen molar-refractivity contribution < 1.29 is 22.8 Å². The lowest BCUT2D eigenvalue weighted by Gasteiger charge is -2.23. The van der Waals surface area contributed by atoms with Crippen LogP contribution in [0, 0.1) is 0 Å². The summed E-state index contributed by atoms with van der Waals surface area (Å²) in [5.74, 6) is -0.808. The van der Waals surface area contributed by atoms with Crippen molar-refractivity contribution in [3.63, 3.8) is 0 Å². The molecule has 2 N–H and O–H groups in total. The number of carbonyl (C=O) groups is 2. The van der Waals surface area contributed by atoms with Crippen molar-refractivity contribution in [3.05, 3.63) is 59.1 Å². The number of nitrogens with one attached hydrogen (secondary N) is 2. The Bertz CT molecular complexity index is 841. The van der Waals surface area contributed by atoms with Gasteiger partial charge in [0.2, 0.25) is 11.8 Å². The third kappa shape index (κ3) is 5.97. The van der Waals surface area contributed by atoms with E-state index in [0.29, 0.717) is 10.7 Å². The molecule has 1 atom stereocenters. The minimum absolute atomic E-state index is 0.0766. The zero-order valence-corrected chi connectivity index (χ0v) is 15.9. The Morgan fingerprint density at radius 2 is 1.68 bits per heavy atom. The van der Waals surface area contributed by atoms with E-state index >= 15 is 0 Å². The Morgan fingerprint density at radius 3 is 2.25 bits per heavy atom. The van der Waals surface area contributed by atoms with Crippen molar-refractivity contribution in [2.75, 3.05) is 24.2 Å². The fourth-order valence-corrected chi connectivity index (χ4v) is 2.49. The number of benzene rings is 2. The lowest BCUT2D eigenvalue weighted by Crippen LogP contribution is -2.43. The van der Waals surface area contributed by atoms with E-state index in [2.05, 4.69) is 10.6 Å². The summed E-state index contributed by atoms with van der Waals surface area (Å²) in [5.41, 5.74) is -0.102. The zero-order chi connectivity index (χ0) is 20.9. The number of alkyl halides is 3. The van der Waals surface area contributed by atoms with Crippen LogP contribution in [-0.4, -0.2) is 36.3 Å². The average Bonchev–Trinajstić information content (AvgIpc) is 2.62. The number of nitrogens with zero attached hydrogens (tertiary/aromatic N) is 1. The van der Waals surface area contributed by atoms with Crippen LogP contribution in [-0.2, 0) is 15.8 Å². The molecule has 0 bridgehead atoms. The molecule has 0 saturated carbocycles. The van der Waals surface area contributed by atoms with Crippen molar-refractivity contribution in [2.24, 2.45) is 0 Å². The summed E-state index contributed by atoms with van der Waals surface area (Å²) in [4.78, 5) is 25.9. The summed E-state index contributed by atoms with van der Waals surface area (Å²) < 4.78 is 37.7. The molecule has 9 heteroatoms. The van der Waals surface area contributed by atoms with Gasteiger partial charge in [-0.05, 0) is 50.4 Å². The van der Waals surface area contributed by atoms with Crippen LogP contribution in [0.5, 0.6) is 0 Å². The fourth-order valence-electron chi connectivity index (χ4n) is 2.31. The van der Waals surface area contributed by atoms with Crippen LogP contribution in [0.15, 0.2) is 48.5 Å². The van der Waals surface area contributed by atoms with Gasteiger partial charge in [0, 0.05) is 5.69 Å². The molecule has 2 amide bonds. The minimum atomic E-state index is -4.44. The van der Waals surface area contributed by atoms with Crippen molar-refractivity contribution in [2.45, 2.75) is 19.1 Å². The molecule has 0 spiro atoms. The predicted octanol–water partition coefficient (Wildman–Crippen LogP) is 4.26. The molecule has 28 heavy (non-hydrogen) atoms. The minimum Gasteiger partial charge on any atom is -0.325 e. The van der Waals surface area contributed by atoms with Crippen LogP contribution in [0.25, 0.3) is 0 Å². The van der Waals surface area contributed by atoms with Gasteiger partial charge >= 0.3 is 6.18 Å². The van der Waals surface area contributed by atoms with E-state index in [0.717, 1.165) is 12.1 Å². The van der Waals surface area contributed by atoms with Gasteiger partial charge in [-0.15, -0.1) is 0 Å². The van der Waals surface area contributed by atoms with Crippen LogP contribution in [0.1, 0.15) is 12.5 Å². The number of hydrogen-bond donors (Lipinski definition) is 2. The molecule has 2 aromatic rings. The van der Waals surface area contributed by atoms with Gasteiger partial charge in [-0.25, -0.2) is 0 Å². The first-order chi connectivity index (χ1) is 13.1. The lowest BCUT2D eigenvalue weighted by molar-refractivity contribution is -0.137. The highest BCUT2D eigenvalue weighted by Crippen LogP contribution is 2.29. The molecule has 2 rings (SSSR count). The normalized spacial score (nSPS) is 12.5. The lowest BCUT2D eigenvalue weighted by atomic mass is 10.2. The maximum atomic E-state index is 12.6. The molecule has 0 saturated heterocycles. The summed E-state index contributed by atoms with van der Waals surface area (Å²) in [5, 5.41) is 5.58.